The molecule has 0 unspecified atom stereocenters. The third kappa shape index (κ3) is 1.33. The average molecular weight is 191 g/mol. The average Bonchev–Trinajstić information content (AvgIpc) is 2.23. The van der Waals surface area contributed by atoms with Crippen LogP contribution in [0, 0.1) is 0 Å². The SMILES string of the molecule is CN1C(=O)CCc2cc(NN)ccc21. The number of anilines is 2. The highest BCUT2D eigenvalue weighted by Gasteiger charge is 2.20. The number of hydrazine groups is 1. The number of carbonyl (C=O) groups excluding carboxylic acids is 1. The number of benzene rings is 1. The topological polar surface area (TPSA) is 58.4 Å². The van der Waals surface area contributed by atoms with E-state index in [0.29, 0.717) is 6.42 Å². The summed E-state index contributed by atoms with van der Waals surface area (Å²) in [6.45, 7) is 0. The van der Waals surface area contributed by atoms with Crippen LogP contribution in [0.25, 0.3) is 0 Å². The van der Waals surface area contributed by atoms with Gasteiger partial charge in [0.2, 0.25) is 5.91 Å². The Morgan fingerprint density at radius 2 is 2.21 bits per heavy atom. The summed E-state index contributed by atoms with van der Waals surface area (Å²) in [6.07, 6.45) is 1.38. The van der Waals surface area contributed by atoms with Crippen molar-refractivity contribution in [1.29, 1.82) is 0 Å². The first kappa shape index (κ1) is 9.02. The van der Waals surface area contributed by atoms with Crippen molar-refractivity contribution in [2.45, 2.75) is 12.8 Å². The van der Waals surface area contributed by atoms with E-state index in [-0.39, 0.29) is 5.91 Å². The van der Waals surface area contributed by atoms with E-state index in [4.69, 9.17) is 5.84 Å². The smallest absolute Gasteiger partial charge is 0.227 e. The van der Waals surface area contributed by atoms with Crippen LogP contribution in [0.2, 0.25) is 0 Å². The zero-order chi connectivity index (χ0) is 10.1. The molecule has 1 amide bonds. The molecule has 0 saturated carbocycles. The molecule has 0 fully saturated rings. The van der Waals surface area contributed by atoms with Gasteiger partial charge in [0, 0.05) is 24.8 Å². The summed E-state index contributed by atoms with van der Waals surface area (Å²) >= 11 is 0. The van der Waals surface area contributed by atoms with E-state index in [2.05, 4.69) is 5.43 Å². The van der Waals surface area contributed by atoms with Gasteiger partial charge in [-0.3, -0.25) is 10.6 Å². The van der Waals surface area contributed by atoms with Crippen molar-refractivity contribution in [3.8, 4) is 0 Å². The second-order valence-electron chi connectivity index (χ2n) is 3.44. The van der Waals surface area contributed by atoms with Gasteiger partial charge in [-0.1, -0.05) is 0 Å². The summed E-state index contributed by atoms with van der Waals surface area (Å²) in [5.74, 6) is 5.49. The maximum atomic E-state index is 11.4. The molecule has 1 heterocycles. The first-order valence-corrected chi connectivity index (χ1v) is 4.58. The minimum Gasteiger partial charge on any atom is -0.324 e. The van der Waals surface area contributed by atoms with Crippen molar-refractivity contribution in [2.75, 3.05) is 17.4 Å². The van der Waals surface area contributed by atoms with Gasteiger partial charge in [0.15, 0.2) is 0 Å². The van der Waals surface area contributed by atoms with Gasteiger partial charge in [-0.25, -0.2) is 0 Å². The molecule has 0 atom stereocenters. The monoisotopic (exact) mass is 191 g/mol. The number of nitrogens with zero attached hydrogens (tertiary/aromatic N) is 1. The van der Waals surface area contributed by atoms with E-state index in [1.165, 1.54) is 5.56 Å². The fraction of sp³-hybridized carbons (Fsp3) is 0.300. The van der Waals surface area contributed by atoms with E-state index in [1.54, 1.807) is 11.9 Å². The largest absolute Gasteiger partial charge is 0.324 e. The highest BCUT2D eigenvalue weighted by Crippen LogP contribution is 2.28. The van der Waals surface area contributed by atoms with Gasteiger partial charge in [-0.05, 0) is 30.2 Å². The van der Waals surface area contributed by atoms with Crippen molar-refractivity contribution in [2.24, 2.45) is 5.84 Å². The quantitative estimate of drug-likeness (QED) is 0.511. The third-order valence-electron chi connectivity index (χ3n) is 2.59. The lowest BCUT2D eigenvalue weighted by molar-refractivity contribution is -0.118. The number of hydrogen-bond acceptors (Lipinski definition) is 3. The highest BCUT2D eigenvalue weighted by atomic mass is 16.2. The van der Waals surface area contributed by atoms with Crippen LogP contribution in [0.5, 0.6) is 0 Å². The van der Waals surface area contributed by atoms with Crippen molar-refractivity contribution in [3.05, 3.63) is 23.8 Å². The Labute approximate surface area is 82.7 Å². The van der Waals surface area contributed by atoms with Gasteiger partial charge in [0.1, 0.15) is 0 Å². The van der Waals surface area contributed by atoms with Crippen LogP contribution >= 0.6 is 0 Å². The third-order valence-corrected chi connectivity index (χ3v) is 2.59. The Morgan fingerprint density at radius 3 is 2.93 bits per heavy atom. The fourth-order valence-electron chi connectivity index (χ4n) is 1.75. The molecule has 0 bridgehead atoms. The van der Waals surface area contributed by atoms with Gasteiger partial charge in [0.05, 0.1) is 0 Å². The number of fused-ring (bicyclic) bond motifs is 1. The second kappa shape index (κ2) is 3.31. The summed E-state index contributed by atoms with van der Waals surface area (Å²) < 4.78 is 0. The molecule has 1 aliphatic heterocycles. The van der Waals surface area contributed by atoms with Crippen LogP contribution in [-0.2, 0) is 11.2 Å². The number of carbonyl (C=O) groups is 1. The molecule has 0 spiro atoms. The van der Waals surface area contributed by atoms with Crippen LogP contribution in [-0.4, -0.2) is 13.0 Å². The first-order valence-electron chi connectivity index (χ1n) is 4.58. The molecule has 1 aliphatic rings. The number of hydrogen-bond donors (Lipinski definition) is 2. The number of aryl methyl sites for hydroxylation is 1. The first-order chi connectivity index (χ1) is 6.72. The summed E-state index contributed by atoms with van der Waals surface area (Å²) in [5.41, 5.74) is 5.64. The van der Waals surface area contributed by atoms with Crippen LogP contribution < -0.4 is 16.2 Å². The molecule has 4 nitrogen and oxygen atoms in total. The van der Waals surface area contributed by atoms with E-state index in [9.17, 15) is 4.79 Å². The molecule has 3 N–H and O–H groups in total. The lowest BCUT2D eigenvalue weighted by Crippen LogP contribution is -2.31. The minimum atomic E-state index is 0.172. The summed E-state index contributed by atoms with van der Waals surface area (Å²) in [6, 6.07) is 5.77. The van der Waals surface area contributed by atoms with Gasteiger partial charge < -0.3 is 10.3 Å². The maximum Gasteiger partial charge on any atom is 0.227 e. The molecular formula is C10H13N3O. The molecule has 0 radical (unpaired) electrons. The van der Waals surface area contributed by atoms with Gasteiger partial charge in [-0.15, -0.1) is 0 Å². The van der Waals surface area contributed by atoms with Crippen LogP contribution in [0.4, 0.5) is 11.4 Å². The van der Waals surface area contributed by atoms with E-state index in [0.717, 1.165) is 17.8 Å². The molecule has 2 rings (SSSR count). The number of nitrogens with one attached hydrogen (secondary N) is 1. The predicted octanol–water partition coefficient (Wildman–Crippen LogP) is 0.881. The van der Waals surface area contributed by atoms with E-state index >= 15 is 0 Å². The molecule has 0 saturated heterocycles. The zero-order valence-electron chi connectivity index (χ0n) is 8.08. The molecule has 0 aliphatic carbocycles. The Morgan fingerprint density at radius 1 is 1.43 bits per heavy atom. The van der Waals surface area contributed by atoms with Crippen LogP contribution in [0.3, 0.4) is 0 Å². The second-order valence-corrected chi connectivity index (χ2v) is 3.44. The summed E-state index contributed by atoms with van der Waals surface area (Å²) in [4.78, 5) is 13.1. The number of nitrogens with two attached hydrogens (primary N) is 1. The molecular weight excluding hydrogens is 178 g/mol. The predicted molar refractivity (Wildman–Crippen MR) is 56.0 cm³/mol. The Bertz CT molecular complexity index is 376. The molecule has 0 aromatic heterocycles. The van der Waals surface area contributed by atoms with E-state index in [1.807, 2.05) is 18.2 Å². The standard InChI is InChI=1S/C10H13N3O/c1-13-9-4-3-8(12-11)6-7(9)2-5-10(13)14/h3-4,6,12H,2,5,11H2,1H3. The van der Waals surface area contributed by atoms with Crippen molar-refractivity contribution in [3.63, 3.8) is 0 Å². The highest BCUT2D eigenvalue weighted by molar-refractivity contribution is 5.96. The fourth-order valence-corrected chi connectivity index (χ4v) is 1.75. The van der Waals surface area contributed by atoms with Crippen LogP contribution in [0.1, 0.15) is 12.0 Å². The summed E-state index contributed by atoms with van der Waals surface area (Å²) in [5, 5.41) is 0. The van der Waals surface area contributed by atoms with Crippen molar-refractivity contribution in [1.82, 2.24) is 0 Å². The van der Waals surface area contributed by atoms with Gasteiger partial charge in [0.25, 0.3) is 0 Å². The Balaban J connectivity index is 2.43. The lowest BCUT2D eigenvalue weighted by Gasteiger charge is -2.25. The number of rotatable bonds is 1. The van der Waals surface area contributed by atoms with Crippen molar-refractivity contribution >= 4 is 17.3 Å². The van der Waals surface area contributed by atoms with Crippen molar-refractivity contribution < 1.29 is 4.79 Å². The van der Waals surface area contributed by atoms with E-state index < -0.39 is 0 Å². The lowest BCUT2D eigenvalue weighted by atomic mass is 10.0. The maximum absolute atomic E-state index is 11.4. The van der Waals surface area contributed by atoms with Crippen LogP contribution in [0.15, 0.2) is 18.2 Å². The number of amides is 1. The molecule has 4 heteroatoms. The molecule has 1 aromatic rings. The normalized spacial score (nSPS) is 15.3. The van der Waals surface area contributed by atoms with Gasteiger partial charge in [-0.2, -0.15) is 0 Å². The minimum absolute atomic E-state index is 0.172. The molecule has 74 valence electrons. The molecule has 1 aromatic carbocycles. The summed E-state index contributed by atoms with van der Waals surface area (Å²) in [7, 11) is 1.80. The van der Waals surface area contributed by atoms with Gasteiger partial charge >= 0.3 is 0 Å². The Hall–Kier alpha value is -1.55. The zero-order valence-corrected chi connectivity index (χ0v) is 8.08. The Kier molecular flexibility index (Phi) is 2.13. The molecule has 14 heavy (non-hydrogen) atoms. The number of nitrogen functional groups attached to an aromatic ring is 1.